The van der Waals surface area contributed by atoms with Crippen molar-refractivity contribution in [3.8, 4) is 0 Å². The Labute approximate surface area is 69.8 Å². The Morgan fingerprint density at radius 2 is 2.42 bits per heavy atom. The van der Waals surface area contributed by atoms with Crippen LogP contribution in [0.2, 0.25) is 0 Å². The van der Waals surface area contributed by atoms with Gasteiger partial charge >= 0.3 is 0 Å². The summed E-state index contributed by atoms with van der Waals surface area (Å²) in [5.41, 5.74) is 0.718. The van der Waals surface area contributed by atoms with E-state index in [1.807, 2.05) is 0 Å². The lowest BCUT2D eigenvalue weighted by Crippen LogP contribution is -2.18. The van der Waals surface area contributed by atoms with Gasteiger partial charge in [0.2, 0.25) is 0 Å². The number of aliphatic hydroxyl groups is 1. The Hall–Kier alpha value is -1.03. The summed E-state index contributed by atoms with van der Waals surface area (Å²) in [6.07, 6.45) is 4.34. The molecule has 0 atom stereocenters. The van der Waals surface area contributed by atoms with Gasteiger partial charge in [-0.15, -0.1) is 0 Å². The van der Waals surface area contributed by atoms with Crippen LogP contribution in [-0.4, -0.2) is 21.5 Å². The van der Waals surface area contributed by atoms with E-state index in [9.17, 15) is 4.79 Å². The van der Waals surface area contributed by atoms with E-state index >= 15 is 0 Å². The zero-order chi connectivity index (χ0) is 8.55. The molecular weight excluding hydrogens is 156 g/mol. The highest BCUT2D eigenvalue weighted by Crippen LogP contribution is 2.32. The van der Waals surface area contributed by atoms with Crippen LogP contribution in [0.4, 0.5) is 0 Å². The largest absolute Gasteiger partial charge is 0.396 e. The molecule has 0 amide bonds. The average Bonchev–Trinajstić information content (AvgIpc) is 2.82. The highest BCUT2D eigenvalue weighted by molar-refractivity contribution is 5.06. The predicted molar refractivity (Wildman–Crippen MR) is 44.1 cm³/mol. The third-order valence-electron chi connectivity index (χ3n) is 2.16. The van der Waals surface area contributed by atoms with Crippen molar-refractivity contribution in [3.63, 3.8) is 0 Å². The molecule has 2 N–H and O–H groups in total. The second kappa shape index (κ2) is 2.79. The van der Waals surface area contributed by atoms with Crippen molar-refractivity contribution in [1.29, 1.82) is 0 Å². The molecule has 0 bridgehead atoms. The summed E-state index contributed by atoms with van der Waals surface area (Å²) in [4.78, 5) is 11.5. The Bertz CT molecular complexity index is 322. The minimum atomic E-state index is 0.0338. The van der Waals surface area contributed by atoms with Gasteiger partial charge in [-0.1, -0.05) is 0 Å². The minimum absolute atomic E-state index is 0.0338. The highest BCUT2D eigenvalue weighted by atomic mass is 16.3. The van der Waals surface area contributed by atoms with Gasteiger partial charge in [0.1, 0.15) is 0 Å². The number of aromatic nitrogens is 2. The fourth-order valence-corrected chi connectivity index (χ4v) is 1.33. The van der Waals surface area contributed by atoms with E-state index in [0.717, 1.165) is 12.8 Å². The number of nitrogens with zero attached hydrogens (tertiary/aromatic N) is 1. The molecule has 2 rings (SSSR count). The lowest BCUT2D eigenvalue weighted by molar-refractivity contribution is 0.299. The molecule has 0 spiro atoms. The van der Waals surface area contributed by atoms with E-state index in [1.54, 1.807) is 10.9 Å². The van der Waals surface area contributed by atoms with E-state index in [2.05, 4.69) is 5.10 Å². The van der Waals surface area contributed by atoms with Crippen molar-refractivity contribution in [2.24, 2.45) is 0 Å². The van der Waals surface area contributed by atoms with E-state index in [1.165, 1.54) is 0 Å². The topological polar surface area (TPSA) is 58.0 Å². The van der Waals surface area contributed by atoms with Gasteiger partial charge in [-0.05, 0) is 12.8 Å². The molecule has 0 radical (unpaired) electrons. The summed E-state index contributed by atoms with van der Waals surface area (Å²) in [5.74, 6) is 0. The normalized spacial score (nSPS) is 16.8. The molecule has 12 heavy (non-hydrogen) atoms. The Kier molecular flexibility index (Phi) is 1.77. The van der Waals surface area contributed by atoms with Gasteiger partial charge in [-0.25, -0.2) is 4.68 Å². The number of rotatable bonds is 3. The first-order valence-corrected chi connectivity index (χ1v) is 4.22. The molecule has 1 aromatic rings. The summed E-state index contributed by atoms with van der Waals surface area (Å²) in [7, 11) is 0. The molecular formula is C8H12N2O2. The summed E-state index contributed by atoms with van der Waals surface area (Å²) >= 11 is 0. The monoisotopic (exact) mass is 168 g/mol. The molecule has 66 valence electrons. The van der Waals surface area contributed by atoms with Gasteiger partial charge in [0, 0.05) is 24.8 Å². The molecule has 0 aromatic carbocycles. The first-order chi connectivity index (χ1) is 5.83. The quantitative estimate of drug-likeness (QED) is 0.669. The standard InChI is InChI=1S/C8H12N2O2/c11-4-3-6-5-9-10(8(6)12)7-1-2-7/h5,7,9,11H,1-4H2. The second-order valence-electron chi connectivity index (χ2n) is 3.18. The number of hydrogen-bond donors (Lipinski definition) is 2. The maximum atomic E-state index is 11.5. The van der Waals surface area contributed by atoms with Crippen LogP contribution in [0.1, 0.15) is 24.4 Å². The molecule has 0 aliphatic heterocycles. The van der Waals surface area contributed by atoms with Crippen molar-refractivity contribution in [3.05, 3.63) is 22.1 Å². The van der Waals surface area contributed by atoms with Crippen LogP contribution in [0.15, 0.2) is 11.0 Å². The van der Waals surface area contributed by atoms with Crippen LogP contribution < -0.4 is 5.56 Å². The van der Waals surface area contributed by atoms with Crippen LogP contribution in [0.3, 0.4) is 0 Å². The third kappa shape index (κ3) is 1.18. The molecule has 0 saturated heterocycles. The summed E-state index contributed by atoms with van der Waals surface area (Å²) < 4.78 is 1.66. The van der Waals surface area contributed by atoms with Gasteiger partial charge in [0.25, 0.3) is 5.56 Å². The van der Waals surface area contributed by atoms with Crippen molar-refractivity contribution in [2.75, 3.05) is 6.61 Å². The van der Waals surface area contributed by atoms with Crippen LogP contribution in [-0.2, 0) is 6.42 Å². The summed E-state index contributed by atoms with van der Waals surface area (Å²) in [5, 5.41) is 11.6. The third-order valence-corrected chi connectivity index (χ3v) is 2.16. The van der Waals surface area contributed by atoms with Crippen molar-refractivity contribution >= 4 is 0 Å². The molecule has 1 aromatic heterocycles. The Morgan fingerprint density at radius 3 is 3.00 bits per heavy atom. The maximum absolute atomic E-state index is 11.5. The summed E-state index contributed by atoms with van der Waals surface area (Å²) in [6.45, 7) is 0.0394. The van der Waals surface area contributed by atoms with Crippen LogP contribution in [0.25, 0.3) is 0 Å². The molecule has 4 heteroatoms. The van der Waals surface area contributed by atoms with Gasteiger partial charge in [-0.2, -0.15) is 0 Å². The number of aromatic amines is 1. The van der Waals surface area contributed by atoms with Crippen LogP contribution >= 0.6 is 0 Å². The minimum Gasteiger partial charge on any atom is -0.396 e. The van der Waals surface area contributed by atoms with Crippen LogP contribution in [0, 0.1) is 0 Å². The van der Waals surface area contributed by atoms with Crippen molar-refractivity contribution in [1.82, 2.24) is 9.78 Å². The molecule has 1 aliphatic carbocycles. The fraction of sp³-hybridized carbons (Fsp3) is 0.625. The average molecular weight is 168 g/mol. The zero-order valence-corrected chi connectivity index (χ0v) is 6.79. The van der Waals surface area contributed by atoms with Gasteiger partial charge < -0.3 is 10.2 Å². The number of aliphatic hydroxyl groups excluding tert-OH is 1. The highest BCUT2D eigenvalue weighted by Gasteiger charge is 2.26. The smallest absolute Gasteiger partial charge is 0.269 e. The zero-order valence-electron chi connectivity index (χ0n) is 6.79. The first kappa shape index (κ1) is 7.61. The number of nitrogens with one attached hydrogen (secondary N) is 1. The molecule has 1 aliphatic rings. The molecule has 0 unspecified atom stereocenters. The van der Waals surface area contributed by atoms with Gasteiger partial charge in [0.05, 0.1) is 6.04 Å². The Morgan fingerprint density at radius 1 is 1.67 bits per heavy atom. The molecule has 1 fully saturated rings. The number of H-pyrrole nitrogens is 1. The lowest BCUT2D eigenvalue weighted by Gasteiger charge is -1.93. The van der Waals surface area contributed by atoms with Crippen LogP contribution in [0.5, 0.6) is 0 Å². The van der Waals surface area contributed by atoms with E-state index in [0.29, 0.717) is 18.0 Å². The summed E-state index contributed by atoms with van der Waals surface area (Å²) in [6, 6.07) is 0.393. The maximum Gasteiger partial charge on any atom is 0.269 e. The first-order valence-electron chi connectivity index (χ1n) is 4.22. The molecule has 1 heterocycles. The Balaban J connectivity index is 2.27. The van der Waals surface area contributed by atoms with Crippen molar-refractivity contribution < 1.29 is 5.11 Å². The van der Waals surface area contributed by atoms with E-state index < -0.39 is 0 Å². The molecule has 4 nitrogen and oxygen atoms in total. The number of hydrogen-bond acceptors (Lipinski definition) is 2. The predicted octanol–water partition coefficient (Wildman–Crippen LogP) is 0.0461. The second-order valence-corrected chi connectivity index (χ2v) is 3.18. The van der Waals surface area contributed by atoms with Gasteiger partial charge in [0.15, 0.2) is 0 Å². The lowest BCUT2D eigenvalue weighted by atomic mass is 10.3. The van der Waals surface area contributed by atoms with E-state index in [-0.39, 0.29) is 12.2 Å². The van der Waals surface area contributed by atoms with E-state index in [4.69, 9.17) is 5.11 Å². The SMILES string of the molecule is O=c1c(CCO)c[nH]n1C1CC1. The molecule has 1 saturated carbocycles. The fourth-order valence-electron chi connectivity index (χ4n) is 1.33. The van der Waals surface area contributed by atoms with Gasteiger partial charge in [-0.3, -0.25) is 4.79 Å². The van der Waals surface area contributed by atoms with Crippen molar-refractivity contribution in [2.45, 2.75) is 25.3 Å².